The Hall–Kier alpha value is -3.04. The van der Waals surface area contributed by atoms with Gasteiger partial charge in [0.25, 0.3) is 5.56 Å². The lowest BCUT2D eigenvalue weighted by Gasteiger charge is -2.14. The molecule has 3 rings (SSSR count). The maximum atomic E-state index is 13.1. The number of methoxy groups -OCH3 is 1. The first-order chi connectivity index (χ1) is 14.7. The fraction of sp³-hybridized carbons (Fsp3) is 0.429. The number of rotatable bonds is 11. The standard InChI is InChI=1S/C21H28N6O3/c1-3-10-30-11-9-27-18-12-16(15-5-6-19(29-2)25-13-15)24-14-17(18)26-20(21(27)28)23-8-4-7-22/h5-6,12-14H,3-4,7-11,22H2,1-2H3,(H,23,26). The third-order valence-corrected chi connectivity index (χ3v) is 4.55. The average molecular weight is 412 g/mol. The van der Waals surface area contributed by atoms with E-state index in [4.69, 9.17) is 15.2 Å². The number of nitrogens with two attached hydrogens (primary N) is 1. The van der Waals surface area contributed by atoms with Gasteiger partial charge in [0.05, 0.1) is 31.1 Å². The van der Waals surface area contributed by atoms with Crippen LogP contribution in [0.15, 0.2) is 35.4 Å². The number of aromatic nitrogens is 4. The van der Waals surface area contributed by atoms with Crippen LogP contribution in [0.1, 0.15) is 19.8 Å². The molecule has 0 radical (unpaired) electrons. The third-order valence-electron chi connectivity index (χ3n) is 4.55. The SMILES string of the molecule is CCCOCCn1c(=O)c(NCCCN)nc2cnc(-c3ccc(OC)nc3)cc21. The van der Waals surface area contributed by atoms with Gasteiger partial charge >= 0.3 is 0 Å². The van der Waals surface area contributed by atoms with Crippen molar-refractivity contribution >= 4 is 16.9 Å². The van der Waals surface area contributed by atoms with Crippen molar-refractivity contribution in [2.45, 2.75) is 26.3 Å². The number of pyridine rings is 2. The summed E-state index contributed by atoms with van der Waals surface area (Å²) in [6.45, 7) is 4.70. The van der Waals surface area contributed by atoms with E-state index in [0.717, 1.165) is 18.4 Å². The zero-order valence-electron chi connectivity index (χ0n) is 17.4. The molecule has 0 aliphatic heterocycles. The second kappa shape index (κ2) is 10.7. The Kier molecular flexibility index (Phi) is 7.69. The van der Waals surface area contributed by atoms with Crippen LogP contribution in [0.3, 0.4) is 0 Å². The van der Waals surface area contributed by atoms with Crippen molar-refractivity contribution in [3.8, 4) is 17.1 Å². The predicted molar refractivity (Wildman–Crippen MR) is 117 cm³/mol. The van der Waals surface area contributed by atoms with E-state index in [1.807, 2.05) is 19.1 Å². The first-order valence-corrected chi connectivity index (χ1v) is 10.1. The molecule has 160 valence electrons. The molecule has 9 heteroatoms. The van der Waals surface area contributed by atoms with Crippen LogP contribution in [0.5, 0.6) is 5.88 Å². The van der Waals surface area contributed by atoms with Gasteiger partial charge in [-0.2, -0.15) is 0 Å². The van der Waals surface area contributed by atoms with Gasteiger partial charge in [0, 0.05) is 37.5 Å². The van der Waals surface area contributed by atoms with Gasteiger partial charge in [0.1, 0.15) is 5.52 Å². The highest BCUT2D eigenvalue weighted by molar-refractivity contribution is 5.80. The van der Waals surface area contributed by atoms with Crippen molar-refractivity contribution in [3.05, 3.63) is 40.9 Å². The van der Waals surface area contributed by atoms with Crippen LogP contribution in [-0.2, 0) is 11.3 Å². The molecule has 0 saturated carbocycles. The quantitative estimate of drug-likeness (QED) is 0.460. The molecule has 0 bridgehead atoms. The van der Waals surface area contributed by atoms with E-state index in [9.17, 15) is 4.79 Å². The largest absolute Gasteiger partial charge is 0.481 e. The fourth-order valence-electron chi connectivity index (χ4n) is 3.00. The maximum Gasteiger partial charge on any atom is 0.293 e. The zero-order valence-corrected chi connectivity index (χ0v) is 17.4. The molecular weight excluding hydrogens is 384 g/mol. The third kappa shape index (κ3) is 5.11. The highest BCUT2D eigenvalue weighted by Crippen LogP contribution is 2.22. The van der Waals surface area contributed by atoms with Gasteiger partial charge < -0.3 is 25.1 Å². The van der Waals surface area contributed by atoms with Crippen molar-refractivity contribution in [2.75, 3.05) is 38.7 Å². The molecule has 0 fully saturated rings. The number of ether oxygens (including phenoxy) is 2. The Morgan fingerprint density at radius 3 is 2.77 bits per heavy atom. The molecule has 0 amide bonds. The van der Waals surface area contributed by atoms with Crippen LogP contribution < -0.4 is 21.3 Å². The van der Waals surface area contributed by atoms with Crippen molar-refractivity contribution in [1.29, 1.82) is 0 Å². The smallest absolute Gasteiger partial charge is 0.293 e. The molecule has 0 spiro atoms. The molecule has 0 aliphatic carbocycles. The fourth-order valence-corrected chi connectivity index (χ4v) is 3.00. The van der Waals surface area contributed by atoms with E-state index < -0.39 is 0 Å². The van der Waals surface area contributed by atoms with Gasteiger partial charge in [0.2, 0.25) is 5.88 Å². The number of nitrogens with one attached hydrogen (secondary N) is 1. The van der Waals surface area contributed by atoms with Crippen LogP contribution in [0.2, 0.25) is 0 Å². The van der Waals surface area contributed by atoms with Crippen LogP contribution >= 0.6 is 0 Å². The van der Waals surface area contributed by atoms with Crippen LogP contribution in [0, 0.1) is 0 Å². The van der Waals surface area contributed by atoms with Gasteiger partial charge in [0.15, 0.2) is 5.82 Å². The van der Waals surface area contributed by atoms with Crippen LogP contribution in [-0.4, -0.2) is 52.9 Å². The van der Waals surface area contributed by atoms with E-state index in [1.54, 1.807) is 30.1 Å². The van der Waals surface area contributed by atoms with Crippen molar-refractivity contribution in [1.82, 2.24) is 19.5 Å². The lowest BCUT2D eigenvalue weighted by Crippen LogP contribution is -2.28. The monoisotopic (exact) mass is 412 g/mol. The minimum absolute atomic E-state index is 0.190. The van der Waals surface area contributed by atoms with Gasteiger partial charge in [-0.25, -0.2) is 9.97 Å². The first-order valence-electron chi connectivity index (χ1n) is 10.1. The van der Waals surface area contributed by atoms with Crippen LogP contribution in [0.25, 0.3) is 22.3 Å². The minimum atomic E-state index is -0.190. The van der Waals surface area contributed by atoms with E-state index in [1.165, 1.54) is 0 Å². The van der Waals surface area contributed by atoms with E-state index in [2.05, 4.69) is 20.3 Å². The molecule has 3 aromatic heterocycles. The van der Waals surface area contributed by atoms with E-state index in [-0.39, 0.29) is 5.56 Å². The van der Waals surface area contributed by atoms with Gasteiger partial charge in [-0.05, 0) is 31.5 Å². The highest BCUT2D eigenvalue weighted by atomic mass is 16.5. The van der Waals surface area contributed by atoms with Gasteiger partial charge in [-0.1, -0.05) is 6.92 Å². The zero-order chi connectivity index (χ0) is 21.3. The number of hydrogen-bond donors (Lipinski definition) is 2. The number of hydrogen-bond acceptors (Lipinski definition) is 8. The minimum Gasteiger partial charge on any atom is -0.481 e. The number of fused-ring (bicyclic) bond motifs is 1. The van der Waals surface area contributed by atoms with E-state index in [0.29, 0.717) is 61.3 Å². The van der Waals surface area contributed by atoms with E-state index >= 15 is 0 Å². The molecule has 0 aromatic carbocycles. The van der Waals surface area contributed by atoms with Crippen molar-refractivity contribution in [3.63, 3.8) is 0 Å². The average Bonchev–Trinajstić information content (AvgIpc) is 2.78. The summed E-state index contributed by atoms with van der Waals surface area (Å²) in [5.74, 6) is 0.825. The Balaban J connectivity index is 2.01. The summed E-state index contributed by atoms with van der Waals surface area (Å²) in [4.78, 5) is 26.3. The Bertz CT molecular complexity index is 1020. The molecule has 0 saturated heterocycles. The lowest BCUT2D eigenvalue weighted by molar-refractivity contribution is 0.127. The number of nitrogens with zero attached hydrogens (tertiary/aromatic N) is 4. The summed E-state index contributed by atoms with van der Waals surface area (Å²) >= 11 is 0. The van der Waals surface area contributed by atoms with Crippen LogP contribution in [0.4, 0.5) is 5.82 Å². The molecule has 3 N–H and O–H groups in total. The lowest BCUT2D eigenvalue weighted by atomic mass is 10.2. The first kappa shape index (κ1) is 21.7. The summed E-state index contributed by atoms with van der Waals surface area (Å²) in [6.07, 6.45) is 5.04. The molecule has 30 heavy (non-hydrogen) atoms. The summed E-state index contributed by atoms with van der Waals surface area (Å²) in [7, 11) is 1.57. The summed E-state index contributed by atoms with van der Waals surface area (Å²) in [6, 6.07) is 5.51. The highest BCUT2D eigenvalue weighted by Gasteiger charge is 2.13. The Morgan fingerprint density at radius 1 is 1.20 bits per heavy atom. The molecule has 0 aliphatic rings. The second-order valence-electron chi connectivity index (χ2n) is 6.75. The van der Waals surface area contributed by atoms with Gasteiger partial charge in [-0.15, -0.1) is 0 Å². The van der Waals surface area contributed by atoms with Crippen molar-refractivity contribution < 1.29 is 9.47 Å². The predicted octanol–water partition coefficient (Wildman–Crippen LogP) is 2.05. The Labute approximate surface area is 175 Å². The molecule has 3 aromatic rings. The molecule has 3 heterocycles. The summed E-state index contributed by atoms with van der Waals surface area (Å²) in [5, 5.41) is 3.09. The summed E-state index contributed by atoms with van der Waals surface area (Å²) < 4.78 is 12.4. The Morgan fingerprint density at radius 2 is 2.07 bits per heavy atom. The number of anilines is 1. The molecular formula is C21H28N6O3. The van der Waals surface area contributed by atoms with Gasteiger partial charge in [-0.3, -0.25) is 9.78 Å². The van der Waals surface area contributed by atoms with Crippen molar-refractivity contribution in [2.24, 2.45) is 5.73 Å². The second-order valence-corrected chi connectivity index (χ2v) is 6.75. The topological polar surface area (TPSA) is 117 Å². The molecule has 0 unspecified atom stereocenters. The molecule has 9 nitrogen and oxygen atoms in total. The normalized spacial score (nSPS) is 11.0. The maximum absolute atomic E-state index is 13.1. The molecule has 0 atom stereocenters. The summed E-state index contributed by atoms with van der Waals surface area (Å²) in [5.41, 5.74) is 8.21.